The predicted molar refractivity (Wildman–Crippen MR) is 116 cm³/mol. The molecule has 1 aliphatic heterocycles. The van der Waals surface area contributed by atoms with Gasteiger partial charge in [0.1, 0.15) is 11.6 Å². The Bertz CT molecular complexity index is 1020. The van der Waals surface area contributed by atoms with Gasteiger partial charge in [0, 0.05) is 18.5 Å². The third kappa shape index (κ3) is 4.85. The molecule has 30 heavy (non-hydrogen) atoms. The molecule has 1 fully saturated rings. The number of amides is 2. The molecule has 4 rings (SSSR count). The first-order valence-electron chi connectivity index (χ1n) is 9.89. The Morgan fingerprint density at radius 2 is 2.00 bits per heavy atom. The van der Waals surface area contributed by atoms with Crippen molar-refractivity contribution in [2.45, 2.75) is 32.6 Å². The number of carbonyl (C=O) groups is 2. The number of furan rings is 1. The third-order valence-electron chi connectivity index (χ3n) is 4.93. The van der Waals surface area contributed by atoms with Crippen LogP contribution in [0.15, 0.2) is 40.5 Å². The molecule has 9 heteroatoms. The molecule has 0 bridgehead atoms. The van der Waals surface area contributed by atoms with Gasteiger partial charge >= 0.3 is 0 Å². The van der Waals surface area contributed by atoms with Crippen molar-refractivity contribution in [3.63, 3.8) is 0 Å². The molecule has 0 unspecified atom stereocenters. The highest BCUT2D eigenvalue weighted by Gasteiger charge is 2.15. The lowest BCUT2D eigenvalue weighted by molar-refractivity contribution is -0.115. The maximum Gasteiger partial charge on any atom is 0.260 e. The Hall–Kier alpha value is -3.20. The molecule has 0 aromatic carbocycles. The summed E-state index contributed by atoms with van der Waals surface area (Å²) in [7, 11) is 0. The SMILES string of the molecule is Cc1occc1C(=O)Nc1nc(CC(=O)Nc2ccc(N3CCCCC3)nc2)cs1. The van der Waals surface area contributed by atoms with Gasteiger partial charge in [-0.3, -0.25) is 14.9 Å². The van der Waals surface area contributed by atoms with Crippen LogP contribution >= 0.6 is 11.3 Å². The monoisotopic (exact) mass is 425 g/mol. The molecule has 156 valence electrons. The summed E-state index contributed by atoms with van der Waals surface area (Å²) in [5.74, 6) is 1.02. The fraction of sp³-hybridized carbons (Fsp3) is 0.333. The average Bonchev–Trinajstić information content (AvgIpc) is 3.37. The van der Waals surface area contributed by atoms with Crippen molar-refractivity contribution in [2.75, 3.05) is 28.6 Å². The van der Waals surface area contributed by atoms with Gasteiger partial charge in [0.2, 0.25) is 5.91 Å². The number of carbonyl (C=O) groups excluding carboxylic acids is 2. The Kier molecular flexibility index (Phi) is 6.08. The summed E-state index contributed by atoms with van der Waals surface area (Å²) < 4.78 is 5.14. The van der Waals surface area contributed by atoms with Crippen LogP contribution in [0, 0.1) is 6.92 Å². The molecule has 8 nitrogen and oxygen atoms in total. The lowest BCUT2D eigenvalue weighted by Gasteiger charge is -2.27. The van der Waals surface area contributed by atoms with E-state index in [4.69, 9.17) is 4.42 Å². The summed E-state index contributed by atoms with van der Waals surface area (Å²) >= 11 is 1.28. The first-order chi connectivity index (χ1) is 14.6. The zero-order chi connectivity index (χ0) is 20.9. The lowest BCUT2D eigenvalue weighted by atomic mass is 10.1. The van der Waals surface area contributed by atoms with Gasteiger partial charge in [-0.15, -0.1) is 11.3 Å². The molecule has 0 saturated carbocycles. The van der Waals surface area contributed by atoms with E-state index in [1.54, 1.807) is 24.6 Å². The molecule has 0 radical (unpaired) electrons. The van der Waals surface area contributed by atoms with E-state index < -0.39 is 0 Å². The number of piperidine rings is 1. The zero-order valence-corrected chi connectivity index (χ0v) is 17.5. The van der Waals surface area contributed by atoms with E-state index in [0.717, 1.165) is 18.9 Å². The van der Waals surface area contributed by atoms with E-state index in [-0.39, 0.29) is 18.2 Å². The molecule has 1 aliphatic rings. The molecular weight excluding hydrogens is 402 g/mol. The molecule has 4 heterocycles. The highest BCUT2D eigenvalue weighted by atomic mass is 32.1. The summed E-state index contributed by atoms with van der Waals surface area (Å²) in [4.78, 5) is 35.6. The highest BCUT2D eigenvalue weighted by molar-refractivity contribution is 7.14. The second-order valence-electron chi connectivity index (χ2n) is 7.17. The minimum atomic E-state index is -0.286. The van der Waals surface area contributed by atoms with Gasteiger partial charge in [0.05, 0.1) is 35.8 Å². The number of aryl methyl sites for hydroxylation is 1. The van der Waals surface area contributed by atoms with E-state index in [0.29, 0.717) is 27.8 Å². The highest BCUT2D eigenvalue weighted by Crippen LogP contribution is 2.20. The van der Waals surface area contributed by atoms with Crippen LogP contribution in [0.25, 0.3) is 0 Å². The number of aromatic nitrogens is 2. The molecule has 2 N–H and O–H groups in total. The number of thiazole rings is 1. The van der Waals surface area contributed by atoms with E-state index in [2.05, 4.69) is 25.5 Å². The topological polar surface area (TPSA) is 100 Å². The second kappa shape index (κ2) is 9.08. The second-order valence-corrected chi connectivity index (χ2v) is 8.02. The van der Waals surface area contributed by atoms with Gasteiger partial charge in [-0.1, -0.05) is 0 Å². The molecule has 3 aromatic rings. The van der Waals surface area contributed by atoms with Crippen LogP contribution in [0.4, 0.5) is 16.6 Å². The fourth-order valence-electron chi connectivity index (χ4n) is 3.37. The van der Waals surface area contributed by atoms with Crippen molar-refractivity contribution in [3.8, 4) is 0 Å². The maximum atomic E-state index is 12.3. The summed E-state index contributed by atoms with van der Waals surface area (Å²) in [6.07, 6.45) is 6.92. The smallest absolute Gasteiger partial charge is 0.260 e. The predicted octanol–water partition coefficient (Wildman–Crippen LogP) is 3.86. The Labute approximate surface area is 178 Å². The summed E-state index contributed by atoms with van der Waals surface area (Å²) in [5, 5.41) is 7.77. The van der Waals surface area contributed by atoms with Crippen LogP contribution in [0.5, 0.6) is 0 Å². The Balaban J connectivity index is 1.30. The number of pyridine rings is 1. The van der Waals surface area contributed by atoms with Crippen LogP contribution in [-0.4, -0.2) is 34.9 Å². The number of hydrogen-bond acceptors (Lipinski definition) is 7. The Morgan fingerprint density at radius 1 is 1.17 bits per heavy atom. The van der Waals surface area contributed by atoms with Gasteiger partial charge in [-0.05, 0) is 44.4 Å². The number of anilines is 3. The first-order valence-corrected chi connectivity index (χ1v) is 10.8. The van der Waals surface area contributed by atoms with Gasteiger partial charge < -0.3 is 14.6 Å². The minimum absolute atomic E-state index is 0.116. The van der Waals surface area contributed by atoms with Crippen molar-refractivity contribution in [3.05, 3.63) is 53.1 Å². The van der Waals surface area contributed by atoms with Crippen molar-refractivity contribution in [1.82, 2.24) is 9.97 Å². The normalized spacial score (nSPS) is 13.8. The van der Waals surface area contributed by atoms with Gasteiger partial charge in [0.25, 0.3) is 5.91 Å². The maximum absolute atomic E-state index is 12.3. The molecule has 0 atom stereocenters. The van der Waals surface area contributed by atoms with Crippen molar-refractivity contribution < 1.29 is 14.0 Å². The van der Waals surface area contributed by atoms with Gasteiger partial charge in [-0.25, -0.2) is 9.97 Å². The molecule has 2 amide bonds. The largest absolute Gasteiger partial charge is 0.469 e. The van der Waals surface area contributed by atoms with E-state index >= 15 is 0 Å². The lowest BCUT2D eigenvalue weighted by Crippen LogP contribution is -2.30. The van der Waals surface area contributed by atoms with Crippen LogP contribution in [0.3, 0.4) is 0 Å². The number of hydrogen-bond donors (Lipinski definition) is 2. The summed E-state index contributed by atoms with van der Waals surface area (Å²) in [6.45, 7) is 3.78. The van der Waals surface area contributed by atoms with Crippen LogP contribution in [0.1, 0.15) is 41.1 Å². The molecule has 3 aromatic heterocycles. The number of nitrogens with zero attached hydrogens (tertiary/aromatic N) is 3. The van der Waals surface area contributed by atoms with E-state index in [1.807, 2.05) is 12.1 Å². The van der Waals surface area contributed by atoms with Crippen LogP contribution in [-0.2, 0) is 11.2 Å². The summed E-state index contributed by atoms with van der Waals surface area (Å²) in [6, 6.07) is 5.42. The molecule has 0 aliphatic carbocycles. The quantitative estimate of drug-likeness (QED) is 0.622. The number of nitrogens with one attached hydrogen (secondary N) is 2. The van der Waals surface area contributed by atoms with Gasteiger partial charge in [-0.2, -0.15) is 0 Å². The van der Waals surface area contributed by atoms with Crippen molar-refractivity contribution in [1.29, 1.82) is 0 Å². The van der Waals surface area contributed by atoms with Crippen LogP contribution < -0.4 is 15.5 Å². The fourth-order valence-corrected chi connectivity index (χ4v) is 4.08. The Morgan fingerprint density at radius 3 is 2.70 bits per heavy atom. The van der Waals surface area contributed by atoms with E-state index in [9.17, 15) is 9.59 Å². The zero-order valence-electron chi connectivity index (χ0n) is 16.7. The number of rotatable bonds is 6. The van der Waals surface area contributed by atoms with Crippen molar-refractivity contribution >= 4 is 39.8 Å². The average molecular weight is 426 g/mol. The first kappa shape index (κ1) is 20.1. The van der Waals surface area contributed by atoms with Crippen LogP contribution in [0.2, 0.25) is 0 Å². The van der Waals surface area contributed by atoms with Crippen molar-refractivity contribution in [2.24, 2.45) is 0 Å². The molecule has 1 saturated heterocycles. The summed E-state index contributed by atoms with van der Waals surface area (Å²) in [5.41, 5.74) is 1.71. The minimum Gasteiger partial charge on any atom is -0.469 e. The standard InChI is InChI=1S/C21H23N5O3S/c1-14-17(7-10-29-14)20(28)25-21-24-16(13-30-21)11-19(27)23-15-5-6-18(22-12-15)26-8-3-2-4-9-26/h5-7,10,12-13H,2-4,8-9,11H2,1H3,(H,23,27)(H,24,25,28). The molecule has 0 spiro atoms. The molecular formula is C21H23N5O3S. The van der Waals surface area contributed by atoms with E-state index in [1.165, 1.54) is 36.9 Å². The van der Waals surface area contributed by atoms with Gasteiger partial charge in [0.15, 0.2) is 5.13 Å². The third-order valence-corrected chi connectivity index (χ3v) is 5.74.